The molecule has 0 radical (unpaired) electrons. The number of carbonyl (C=O) groups excluding carboxylic acids is 1. The van der Waals surface area contributed by atoms with Crippen molar-refractivity contribution in [2.24, 2.45) is 0 Å². The van der Waals surface area contributed by atoms with Crippen molar-refractivity contribution in [2.75, 3.05) is 6.54 Å². The van der Waals surface area contributed by atoms with Gasteiger partial charge >= 0.3 is 5.97 Å². The van der Waals surface area contributed by atoms with E-state index in [0.29, 0.717) is 12.8 Å². The van der Waals surface area contributed by atoms with Gasteiger partial charge in [0.15, 0.2) is 0 Å². The summed E-state index contributed by atoms with van der Waals surface area (Å²) in [5.41, 5.74) is -0.187. The Balaban J connectivity index is 1.93. The minimum Gasteiger partial charge on any atom is -0.460 e. The van der Waals surface area contributed by atoms with Gasteiger partial charge in [0.1, 0.15) is 12.1 Å². The predicted molar refractivity (Wildman–Crippen MR) is 69.9 cm³/mol. The molecule has 112 valence electrons. The highest BCUT2D eigenvalue weighted by molar-refractivity contribution is 7.89. The lowest BCUT2D eigenvalue weighted by molar-refractivity contribution is -0.384. The summed E-state index contributed by atoms with van der Waals surface area (Å²) in [6.45, 7) is 0.135. The summed E-state index contributed by atoms with van der Waals surface area (Å²) in [5.74, 6) is -0.525. The second-order valence-electron chi connectivity index (χ2n) is 4.98. The van der Waals surface area contributed by atoms with Gasteiger partial charge in [0.05, 0.1) is 16.4 Å². The fourth-order valence-corrected chi connectivity index (χ4v) is 4.26. The Hall–Kier alpha value is -2.00. The van der Waals surface area contributed by atoms with Crippen LogP contribution in [0, 0.1) is 10.1 Å². The molecule has 3 aliphatic rings. The molecule has 3 fully saturated rings. The SMILES string of the molecule is O=C1O[C@H]2CC[C@@H]1N(S(=O)(=O)c1ccc([N+](=O)[O-])cc1)C2. The second kappa shape index (κ2) is 4.78. The minimum absolute atomic E-state index is 0.0616. The Morgan fingerprint density at radius 2 is 1.90 bits per heavy atom. The maximum absolute atomic E-state index is 12.6. The highest BCUT2D eigenvalue weighted by Crippen LogP contribution is 2.32. The summed E-state index contributed by atoms with van der Waals surface area (Å²) < 4.78 is 31.3. The van der Waals surface area contributed by atoms with E-state index in [1.54, 1.807) is 0 Å². The number of ether oxygens (including phenoxy) is 1. The molecule has 0 amide bonds. The monoisotopic (exact) mass is 312 g/mol. The van der Waals surface area contributed by atoms with Crippen LogP contribution in [-0.4, -0.2) is 42.3 Å². The van der Waals surface area contributed by atoms with Gasteiger partial charge in [-0.3, -0.25) is 14.9 Å². The number of sulfonamides is 1. The van der Waals surface area contributed by atoms with Crippen LogP contribution in [0.25, 0.3) is 0 Å². The van der Waals surface area contributed by atoms with Gasteiger partial charge < -0.3 is 4.74 Å². The van der Waals surface area contributed by atoms with Gasteiger partial charge in [-0.05, 0) is 25.0 Å². The summed E-state index contributed by atoms with van der Waals surface area (Å²) in [6.07, 6.45) is 0.689. The van der Waals surface area contributed by atoms with Gasteiger partial charge in [-0.2, -0.15) is 4.31 Å². The van der Waals surface area contributed by atoms with Gasteiger partial charge in [-0.15, -0.1) is 0 Å². The van der Waals surface area contributed by atoms with E-state index in [4.69, 9.17) is 4.74 Å². The molecule has 1 aromatic rings. The molecule has 2 atom stereocenters. The van der Waals surface area contributed by atoms with Crippen molar-refractivity contribution >= 4 is 21.7 Å². The molecule has 2 bridgehead atoms. The zero-order valence-corrected chi connectivity index (χ0v) is 11.7. The van der Waals surface area contributed by atoms with E-state index in [2.05, 4.69) is 0 Å². The number of nitro benzene ring substituents is 1. The van der Waals surface area contributed by atoms with Crippen molar-refractivity contribution in [1.82, 2.24) is 4.31 Å². The Labute approximate surface area is 120 Å². The topological polar surface area (TPSA) is 107 Å². The second-order valence-corrected chi connectivity index (χ2v) is 6.87. The van der Waals surface area contributed by atoms with Gasteiger partial charge in [-0.1, -0.05) is 0 Å². The molecule has 0 aliphatic carbocycles. The fraction of sp³-hybridized carbons (Fsp3) is 0.417. The first-order chi connectivity index (χ1) is 9.89. The van der Waals surface area contributed by atoms with Crippen LogP contribution in [0.5, 0.6) is 0 Å². The number of piperidine rings is 1. The predicted octanol–water partition coefficient (Wildman–Crippen LogP) is 0.673. The van der Waals surface area contributed by atoms with Crippen molar-refractivity contribution in [1.29, 1.82) is 0 Å². The van der Waals surface area contributed by atoms with Crippen molar-refractivity contribution < 1.29 is 22.9 Å². The number of benzene rings is 1. The van der Waals surface area contributed by atoms with E-state index in [1.165, 1.54) is 12.1 Å². The van der Waals surface area contributed by atoms with Gasteiger partial charge in [-0.25, -0.2) is 8.42 Å². The van der Waals surface area contributed by atoms with E-state index >= 15 is 0 Å². The van der Waals surface area contributed by atoms with E-state index in [-0.39, 0.29) is 17.1 Å². The molecule has 9 heteroatoms. The van der Waals surface area contributed by atoms with Gasteiger partial charge in [0.2, 0.25) is 10.0 Å². The van der Waals surface area contributed by atoms with Crippen molar-refractivity contribution in [3.05, 3.63) is 34.4 Å². The zero-order chi connectivity index (χ0) is 15.2. The van der Waals surface area contributed by atoms with Crippen LogP contribution < -0.4 is 0 Å². The number of nitro groups is 1. The van der Waals surface area contributed by atoms with Crippen LogP contribution in [0.15, 0.2) is 29.2 Å². The largest absolute Gasteiger partial charge is 0.460 e. The van der Waals surface area contributed by atoms with E-state index in [9.17, 15) is 23.3 Å². The summed E-state index contributed by atoms with van der Waals surface area (Å²) in [7, 11) is -3.86. The molecule has 21 heavy (non-hydrogen) atoms. The third kappa shape index (κ3) is 2.28. The maximum atomic E-state index is 12.6. The first-order valence-corrected chi connectivity index (χ1v) is 7.80. The van der Waals surface area contributed by atoms with Crippen LogP contribution in [0.4, 0.5) is 5.69 Å². The van der Waals surface area contributed by atoms with Crippen LogP contribution in [0.2, 0.25) is 0 Å². The number of esters is 1. The maximum Gasteiger partial charge on any atom is 0.324 e. The molecule has 4 rings (SSSR count). The van der Waals surface area contributed by atoms with Crippen molar-refractivity contribution in [2.45, 2.75) is 29.9 Å². The smallest absolute Gasteiger partial charge is 0.324 e. The summed E-state index contributed by atoms with van der Waals surface area (Å²) in [4.78, 5) is 21.6. The number of rotatable bonds is 3. The average molecular weight is 312 g/mol. The molecule has 3 saturated heterocycles. The van der Waals surface area contributed by atoms with Gasteiger partial charge in [0, 0.05) is 12.1 Å². The number of morpholine rings is 1. The zero-order valence-electron chi connectivity index (χ0n) is 10.8. The van der Waals surface area contributed by atoms with Crippen LogP contribution >= 0.6 is 0 Å². The first-order valence-electron chi connectivity index (χ1n) is 6.36. The molecule has 8 nitrogen and oxygen atoms in total. The number of fused-ring (bicyclic) bond motifs is 3. The summed E-state index contributed by atoms with van der Waals surface area (Å²) in [5, 5.41) is 10.6. The molecule has 0 N–H and O–H groups in total. The number of nitrogens with zero attached hydrogens (tertiary/aromatic N) is 2. The van der Waals surface area contributed by atoms with E-state index in [0.717, 1.165) is 16.4 Å². The lowest BCUT2D eigenvalue weighted by Gasteiger charge is -2.42. The quantitative estimate of drug-likeness (QED) is 0.461. The Kier molecular flexibility index (Phi) is 3.18. The molecular formula is C12H12N2O6S. The van der Waals surface area contributed by atoms with Crippen LogP contribution in [0.1, 0.15) is 12.8 Å². The molecular weight excluding hydrogens is 300 g/mol. The standard InChI is InChI=1S/C12H12N2O6S/c15-12-11-6-3-9(20-12)7-13(11)21(18,19)10-4-1-8(2-5-10)14(16)17/h1-2,4-5,9,11H,3,6-7H2/t9-,11-/m0/s1. The highest BCUT2D eigenvalue weighted by Gasteiger charge is 2.47. The minimum atomic E-state index is -3.86. The van der Waals surface area contributed by atoms with Crippen LogP contribution in [0.3, 0.4) is 0 Å². The normalized spacial score (nSPS) is 25.6. The number of carbonyl (C=O) groups is 1. The van der Waals surface area contributed by atoms with Gasteiger partial charge in [0.25, 0.3) is 5.69 Å². The first kappa shape index (κ1) is 14.0. The Bertz CT molecular complexity index is 699. The molecule has 1 aromatic carbocycles. The van der Waals surface area contributed by atoms with E-state index in [1.807, 2.05) is 0 Å². The summed E-state index contributed by atoms with van der Waals surface area (Å²) in [6, 6.07) is 3.83. The van der Waals surface area contributed by atoms with Crippen LogP contribution in [-0.2, 0) is 19.6 Å². The number of non-ortho nitro benzene ring substituents is 1. The van der Waals surface area contributed by atoms with Crippen molar-refractivity contribution in [3.63, 3.8) is 0 Å². The van der Waals surface area contributed by atoms with E-state index < -0.39 is 33.1 Å². The lowest BCUT2D eigenvalue weighted by Crippen LogP contribution is -2.58. The fourth-order valence-electron chi connectivity index (χ4n) is 2.62. The summed E-state index contributed by atoms with van der Waals surface area (Å²) >= 11 is 0. The highest BCUT2D eigenvalue weighted by atomic mass is 32.2. The molecule has 0 aromatic heterocycles. The Morgan fingerprint density at radius 3 is 2.43 bits per heavy atom. The number of hydrogen-bond donors (Lipinski definition) is 0. The molecule has 3 heterocycles. The molecule has 0 unspecified atom stereocenters. The average Bonchev–Trinajstić information content (AvgIpc) is 2.47. The Morgan fingerprint density at radius 1 is 1.24 bits per heavy atom. The molecule has 0 saturated carbocycles. The number of hydrogen-bond acceptors (Lipinski definition) is 6. The van der Waals surface area contributed by atoms with Crippen molar-refractivity contribution in [3.8, 4) is 0 Å². The lowest BCUT2D eigenvalue weighted by atomic mass is 9.99. The molecule has 3 aliphatic heterocycles. The third-order valence-corrected chi connectivity index (χ3v) is 5.59. The third-order valence-electron chi connectivity index (χ3n) is 3.70. The molecule has 0 spiro atoms.